The normalized spacial score (nSPS) is 25.6. The third-order valence-electron chi connectivity index (χ3n) is 5.34. The van der Waals surface area contributed by atoms with Crippen LogP contribution in [0.1, 0.15) is 21.5 Å². The van der Waals surface area contributed by atoms with E-state index < -0.39 is 5.60 Å². The maximum Gasteiger partial charge on any atom is 0.171 e. The predicted molar refractivity (Wildman–Crippen MR) is 91.2 cm³/mol. The van der Waals surface area contributed by atoms with Crippen LogP contribution in [-0.4, -0.2) is 38.0 Å². The number of benzene rings is 2. The molecule has 2 atom stereocenters. The molecule has 124 valence electrons. The Morgan fingerprint density at radius 1 is 1.17 bits per heavy atom. The molecule has 1 aliphatic carbocycles. The van der Waals surface area contributed by atoms with E-state index in [0.717, 1.165) is 36.5 Å². The van der Waals surface area contributed by atoms with Gasteiger partial charge in [0.2, 0.25) is 0 Å². The average molecular weight is 323 g/mol. The second-order valence-corrected chi connectivity index (χ2v) is 6.58. The number of methoxy groups -OCH3 is 2. The van der Waals surface area contributed by atoms with Crippen LogP contribution in [0.25, 0.3) is 0 Å². The summed E-state index contributed by atoms with van der Waals surface area (Å²) in [6.07, 6.45) is 0. The Morgan fingerprint density at radius 3 is 2.67 bits per heavy atom. The van der Waals surface area contributed by atoms with Gasteiger partial charge < -0.3 is 9.47 Å². The number of carbonyl (C=O) groups excluding carboxylic acids is 1. The first-order valence-corrected chi connectivity index (χ1v) is 8.22. The SMILES string of the molecule is COc1ccc2c(c1)C(=O)C1CN(Cc3ccccc3)CC21OC. The smallest absolute Gasteiger partial charge is 0.171 e. The fourth-order valence-electron chi connectivity index (χ4n) is 4.17. The van der Waals surface area contributed by atoms with Crippen LogP contribution in [0.3, 0.4) is 0 Å². The van der Waals surface area contributed by atoms with Gasteiger partial charge in [0.1, 0.15) is 11.4 Å². The van der Waals surface area contributed by atoms with E-state index in [0.29, 0.717) is 0 Å². The molecular weight excluding hydrogens is 302 g/mol. The van der Waals surface area contributed by atoms with Crippen molar-refractivity contribution in [3.8, 4) is 5.75 Å². The van der Waals surface area contributed by atoms with Gasteiger partial charge in [0.25, 0.3) is 0 Å². The first-order valence-electron chi connectivity index (χ1n) is 8.22. The van der Waals surface area contributed by atoms with Gasteiger partial charge in [0.05, 0.1) is 13.0 Å². The van der Waals surface area contributed by atoms with Gasteiger partial charge in [-0.1, -0.05) is 36.4 Å². The minimum atomic E-state index is -0.534. The van der Waals surface area contributed by atoms with Crippen molar-refractivity contribution in [3.05, 3.63) is 65.2 Å². The van der Waals surface area contributed by atoms with Gasteiger partial charge in [-0.15, -0.1) is 0 Å². The fraction of sp³-hybridized carbons (Fsp3) is 0.350. The van der Waals surface area contributed by atoms with Crippen molar-refractivity contribution in [2.75, 3.05) is 27.3 Å². The lowest BCUT2D eigenvalue weighted by Gasteiger charge is -2.28. The van der Waals surface area contributed by atoms with Gasteiger partial charge in [-0.25, -0.2) is 0 Å². The van der Waals surface area contributed by atoms with E-state index in [4.69, 9.17) is 9.47 Å². The van der Waals surface area contributed by atoms with Crippen molar-refractivity contribution in [1.29, 1.82) is 0 Å². The number of ketones is 1. The topological polar surface area (TPSA) is 38.8 Å². The molecule has 2 aromatic rings. The van der Waals surface area contributed by atoms with Crippen LogP contribution in [0.4, 0.5) is 0 Å². The second kappa shape index (κ2) is 5.72. The van der Waals surface area contributed by atoms with Crippen LogP contribution in [0.5, 0.6) is 5.75 Å². The molecule has 24 heavy (non-hydrogen) atoms. The minimum Gasteiger partial charge on any atom is -0.497 e. The summed E-state index contributed by atoms with van der Waals surface area (Å²) in [6.45, 7) is 2.29. The van der Waals surface area contributed by atoms with Crippen molar-refractivity contribution in [2.24, 2.45) is 5.92 Å². The highest BCUT2D eigenvalue weighted by atomic mass is 16.5. The van der Waals surface area contributed by atoms with Crippen molar-refractivity contribution >= 4 is 5.78 Å². The summed E-state index contributed by atoms with van der Waals surface area (Å²) < 4.78 is 11.2. The van der Waals surface area contributed by atoms with Crippen LogP contribution in [0.15, 0.2) is 48.5 Å². The molecular formula is C20H21NO3. The van der Waals surface area contributed by atoms with Gasteiger partial charge >= 0.3 is 0 Å². The third-order valence-corrected chi connectivity index (χ3v) is 5.34. The fourth-order valence-corrected chi connectivity index (χ4v) is 4.17. The number of carbonyl (C=O) groups is 1. The van der Waals surface area contributed by atoms with Gasteiger partial charge in [-0.2, -0.15) is 0 Å². The molecule has 2 aliphatic rings. The second-order valence-electron chi connectivity index (χ2n) is 6.58. The van der Waals surface area contributed by atoms with E-state index in [2.05, 4.69) is 17.0 Å². The van der Waals surface area contributed by atoms with E-state index in [1.54, 1.807) is 14.2 Å². The summed E-state index contributed by atoms with van der Waals surface area (Å²) in [4.78, 5) is 15.3. The first kappa shape index (κ1) is 15.4. The summed E-state index contributed by atoms with van der Waals surface area (Å²) in [5, 5.41) is 0. The predicted octanol–water partition coefficient (Wildman–Crippen LogP) is 2.87. The highest BCUT2D eigenvalue weighted by Gasteiger charge is 2.57. The molecule has 0 radical (unpaired) electrons. The zero-order chi connectivity index (χ0) is 16.7. The molecule has 0 N–H and O–H groups in total. The number of nitrogens with zero attached hydrogens (tertiary/aromatic N) is 1. The molecule has 0 spiro atoms. The largest absolute Gasteiger partial charge is 0.497 e. The summed E-state index contributed by atoms with van der Waals surface area (Å²) in [6, 6.07) is 16.1. The quantitative estimate of drug-likeness (QED) is 0.867. The summed E-state index contributed by atoms with van der Waals surface area (Å²) >= 11 is 0. The highest BCUT2D eigenvalue weighted by molar-refractivity contribution is 6.04. The van der Waals surface area contributed by atoms with Crippen LogP contribution >= 0.6 is 0 Å². The molecule has 4 rings (SSSR count). The van der Waals surface area contributed by atoms with Crippen LogP contribution < -0.4 is 4.74 Å². The Kier molecular flexibility index (Phi) is 3.66. The summed E-state index contributed by atoms with van der Waals surface area (Å²) in [5.74, 6) is 0.740. The number of likely N-dealkylation sites (tertiary alicyclic amines) is 1. The first-order chi connectivity index (χ1) is 11.7. The summed E-state index contributed by atoms with van der Waals surface area (Å²) in [7, 11) is 3.33. The maximum atomic E-state index is 12.9. The monoisotopic (exact) mass is 323 g/mol. The van der Waals surface area contributed by atoms with E-state index in [1.807, 2.05) is 36.4 Å². The zero-order valence-corrected chi connectivity index (χ0v) is 14.0. The molecule has 4 nitrogen and oxygen atoms in total. The van der Waals surface area contributed by atoms with Gasteiger partial charge in [0.15, 0.2) is 5.78 Å². The number of ether oxygens (including phenoxy) is 2. The van der Waals surface area contributed by atoms with Crippen molar-refractivity contribution in [1.82, 2.24) is 4.90 Å². The standard InChI is InChI=1S/C20H21NO3/c1-23-15-8-9-17-16(10-15)19(22)18-12-21(13-20(17,18)24-2)11-14-6-4-3-5-7-14/h3-10,18H,11-13H2,1-2H3. The zero-order valence-electron chi connectivity index (χ0n) is 14.0. The number of hydrogen-bond acceptors (Lipinski definition) is 4. The van der Waals surface area contributed by atoms with Gasteiger partial charge in [-0.05, 0) is 23.3 Å². The number of rotatable bonds is 4. The highest BCUT2D eigenvalue weighted by Crippen LogP contribution is 2.49. The molecule has 1 saturated heterocycles. The molecule has 0 aromatic heterocycles. The molecule has 0 bridgehead atoms. The lowest BCUT2D eigenvalue weighted by molar-refractivity contribution is -0.0242. The van der Waals surface area contributed by atoms with Crippen molar-refractivity contribution in [3.63, 3.8) is 0 Å². The van der Waals surface area contributed by atoms with Crippen molar-refractivity contribution < 1.29 is 14.3 Å². The van der Waals surface area contributed by atoms with E-state index in [1.165, 1.54) is 5.56 Å². The van der Waals surface area contributed by atoms with Crippen molar-refractivity contribution in [2.45, 2.75) is 12.1 Å². The van der Waals surface area contributed by atoms with E-state index >= 15 is 0 Å². The molecule has 1 aliphatic heterocycles. The molecule has 1 heterocycles. The van der Waals surface area contributed by atoms with Crippen LogP contribution in [-0.2, 0) is 16.9 Å². The van der Waals surface area contributed by atoms with Crippen LogP contribution in [0, 0.1) is 5.92 Å². The van der Waals surface area contributed by atoms with Crippen LogP contribution in [0.2, 0.25) is 0 Å². The average Bonchev–Trinajstić information content (AvgIpc) is 3.09. The Balaban J connectivity index is 1.67. The third kappa shape index (κ3) is 2.18. The molecule has 2 aromatic carbocycles. The Bertz CT molecular complexity index is 774. The van der Waals surface area contributed by atoms with Gasteiger partial charge in [-0.3, -0.25) is 9.69 Å². The lowest BCUT2D eigenvalue weighted by Crippen LogP contribution is -2.35. The summed E-state index contributed by atoms with van der Waals surface area (Å²) in [5.41, 5.74) is 2.47. The Hall–Kier alpha value is -2.17. The molecule has 2 unspecified atom stereocenters. The molecule has 1 fully saturated rings. The molecule has 4 heteroatoms. The lowest BCUT2D eigenvalue weighted by atomic mass is 9.90. The Labute approximate surface area is 142 Å². The number of fused-ring (bicyclic) bond motifs is 3. The maximum absolute atomic E-state index is 12.9. The molecule has 0 amide bonds. The number of Topliss-reactive ketones (excluding diaryl/α,β-unsaturated/α-hetero) is 1. The number of hydrogen-bond donors (Lipinski definition) is 0. The van der Waals surface area contributed by atoms with E-state index in [-0.39, 0.29) is 11.7 Å². The molecule has 0 saturated carbocycles. The minimum absolute atomic E-state index is 0.145. The van der Waals surface area contributed by atoms with E-state index in [9.17, 15) is 4.79 Å². The Morgan fingerprint density at radius 2 is 1.96 bits per heavy atom. The van der Waals surface area contributed by atoms with Gasteiger partial charge in [0, 0.05) is 32.3 Å².